The van der Waals surface area contributed by atoms with Gasteiger partial charge in [-0.1, -0.05) is 41.9 Å². The second-order valence-corrected chi connectivity index (χ2v) is 8.15. The topological polar surface area (TPSA) is 101 Å². The third-order valence-electron chi connectivity index (χ3n) is 4.18. The van der Waals surface area contributed by atoms with E-state index in [4.69, 9.17) is 17.3 Å². The van der Waals surface area contributed by atoms with E-state index in [0.29, 0.717) is 21.8 Å². The van der Waals surface area contributed by atoms with Crippen LogP contribution in [-0.4, -0.2) is 23.5 Å². The molecule has 3 aromatic rings. The second kappa shape index (κ2) is 11.2. The summed E-state index contributed by atoms with van der Waals surface area (Å²) in [4.78, 5) is 37.4. The summed E-state index contributed by atoms with van der Waals surface area (Å²) in [5, 5.41) is 5.96. The lowest BCUT2D eigenvalue weighted by Gasteiger charge is -2.12. The molecular weight excluding hydrogens is 446 g/mol. The second-order valence-electron chi connectivity index (χ2n) is 6.67. The number of rotatable bonds is 8. The zero-order valence-corrected chi connectivity index (χ0v) is 18.5. The van der Waals surface area contributed by atoms with Crippen molar-refractivity contribution in [1.82, 2.24) is 5.32 Å². The number of nitrogens with one attached hydrogen (secondary N) is 2. The predicted octanol–water partition coefficient (Wildman–Crippen LogP) is 4.33. The average Bonchev–Trinajstić information content (AvgIpc) is 2.78. The molecule has 0 aromatic heterocycles. The summed E-state index contributed by atoms with van der Waals surface area (Å²) in [5.74, 6) is -1.14. The van der Waals surface area contributed by atoms with E-state index in [0.717, 1.165) is 4.90 Å². The van der Waals surface area contributed by atoms with Crippen LogP contribution in [0, 0.1) is 0 Å². The van der Waals surface area contributed by atoms with Crippen molar-refractivity contribution in [1.29, 1.82) is 0 Å². The Morgan fingerprint density at radius 1 is 0.938 bits per heavy atom. The molecule has 0 aliphatic heterocycles. The Morgan fingerprint density at radius 2 is 1.66 bits per heavy atom. The fourth-order valence-corrected chi connectivity index (χ4v) is 3.53. The molecule has 0 unspecified atom stereocenters. The third kappa shape index (κ3) is 7.01. The highest BCUT2D eigenvalue weighted by molar-refractivity contribution is 8.00. The van der Waals surface area contributed by atoms with Gasteiger partial charge in [0.2, 0.25) is 5.91 Å². The number of nitrogens with two attached hydrogens (primary N) is 1. The summed E-state index contributed by atoms with van der Waals surface area (Å²) in [7, 11) is 0. The van der Waals surface area contributed by atoms with E-state index in [2.05, 4.69) is 10.6 Å². The Balaban J connectivity index is 1.80. The first-order valence-corrected chi connectivity index (χ1v) is 10.9. The Labute approximate surface area is 194 Å². The summed E-state index contributed by atoms with van der Waals surface area (Å²) in [6, 6.07) is 22.5. The maximum absolute atomic E-state index is 13.0. The summed E-state index contributed by atoms with van der Waals surface area (Å²) in [6.45, 7) is 0. The lowest BCUT2D eigenvalue weighted by molar-refractivity contribution is -0.115. The maximum atomic E-state index is 13.0. The van der Waals surface area contributed by atoms with Gasteiger partial charge >= 0.3 is 0 Å². The lowest BCUT2D eigenvalue weighted by atomic mass is 10.1. The van der Waals surface area contributed by atoms with Gasteiger partial charge in [0.15, 0.2) is 0 Å². The first-order valence-electron chi connectivity index (χ1n) is 9.57. The van der Waals surface area contributed by atoms with Crippen LogP contribution in [-0.2, 0) is 9.59 Å². The lowest BCUT2D eigenvalue weighted by Crippen LogP contribution is -2.30. The quantitative estimate of drug-likeness (QED) is 0.340. The predicted molar refractivity (Wildman–Crippen MR) is 128 cm³/mol. The van der Waals surface area contributed by atoms with Crippen molar-refractivity contribution in [3.63, 3.8) is 0 Å². The van der Waals surface area contributed by atoms with Gasteiger partial charge < -0.3 is 16.4 Å². The molecule has 0 radical (unpaired) electrons. The highest BCUT2D eigenvalue weighted by Gasteiger charge is 2.15. The molecule has 0 fully saturated rings. The van der Waals surface area contributed by atoms with Gasteiger partial charge in [-0.15, -0.1) is 11.8 Å². The molecule has 0 aliphatic rings. The van der Waals surface area contributed by atoms with Crippen molar-refractivity contribution in [2.45, 2.75) is 4.90 Å². The first kappa shape index (κ1) is 23.1. The van der Waals surface area contributed by atoms with Crippen molar-refractivity contribution in [3.8, 4) is 0 Å². The first-order chi connectivity index (χ1) is 15.4. The SMILES string of the molecule is NC(=O)CSc1ccc(NC(=O)/C(=C/c2cccc(Cl)c2)NC(=O)c2ccccc2)cc1. The van der Waals surface area contributed by atoms with Crippen LogP contribution in [0.15, 0.2) is 89.5 Å². The monoisotopic (exact) mass is 465 g/mol. The average molecular weight is 466 g/mol. The molecule has 0 spiro atoms. The van der Waals surface area contributed by atoms with Crippen LogP contribution in [0.25, 0.3) is 6.08 Å². The van der Waals surface area contributed by atoms with Gasteiger partial charge in [-0.3, -0.25) is 14.4 Å². The molecule has 4 N–H and O–H groups in total. The molecule has 162 valence electrons. The van der Waals surface area contributed by atoms with Crippen molar-refractivity contribution in [2.24, 2.45) is 5.73 Å². The molecule has 0 saturated carbocycles. The van der Waals surface area contributed by atoms with Gasteiger partial charge in [0, 0.05) is 21.2 Å². The Bertz CT molecular complexity index is 1150. The van der Waals surface area contributed by atoms with Crippen LogP contribution >= 0.6 is 23.4 Å². The molecule has 32 heavy (non-hydrogen) atoms. The van der Waals surface area contributed by atoms with E-state index in [9.17, 15) is 14.4 Å². The van der Waals surface area contributed by atoms with E-state index in [-0.39, 0.29) is 11.4 Å². The number of amides is 3. The largest absolute Gasteiger partial charge is 0.369 e. The standard InChI is InChI=1S/C24H20ClN3O3S/c25-18-8-4-5-16(13-18)14-21(28-23(30)17-6-2-1-3-7-17)24(31)27-19-9-11-20(12-10-19)32-15-22(26)29/h1-14H,15H2,(H2,26,29)(H,27,31)(H,28,30)/b21-14-. The Morgan fingerprint density at radius 3 is 2.31 bits per heavy atom. The molecule has 3 rings (SSSR count). The van der Waals surface area contributed by atoms with Crippen LogP contribution in [0.5, 0.6) is 0 Å². The molecule has 0 saturated heterocycles. The molecule has 0 bridgehead atoms. The number of thioether (sulfide) groups is 1. The maximum Gasteiger partial charge on any atom is 0.272 e. The summed E-state index contributed by atoms with van der Waals surface area (Å²) >= 11 is 7.35. The van der Waals surface area contributed by atoms with E-state index < -0.39 is 17.7 Å². The number of halogens is 1. The van der Waals surface area contributed by atoms with Crippen LogP contribution in [0.3, 0.4) is 0 Å². The molecule has 0 atom stereocenters. The molecule has 0 heterocycles. The van der Waals surface area contributed by atoms with Crippen molar-refractivity contribution in [3.05, 3.63) is 101 Å². The van der Waals surface area contributed by atoms with Gasteiger partial charge in [0.05, 0.1) is 5.75 Å². The van der Waals surface area contributed by atoms with E-state index in [1.807, 2.05) is 0 Å². The molecular formula is C24H20ClN3O3S. The number of carbonyl (C=O) groups excluding carboxylic acids is 3. The van der Waals surface area contributed by atoms with E-state index in [1.54, 1.807) is 84.9 Å². The highest BCUT2D eigenvalue weighted by Crippen LogP contribution is 2.20. The van der Waals surface area contributed by atoms with Crippen molar-refractivity contribution in [2.75, 3.05) is 11.1 Å². The number of benzene rings is 3. The normalized spacial score (nSPS) is 11.0. The van der Waals surface area contributed by atoms with Crippen LogP contribution in [0.2, 0.25) is 5.02 Å². The zero-order valence-electron chi connectivity index (χ0n) is 16.9. The number of hydrogen-bond donors (Lipinski definition) is 3. The van der Waals surface area contributed by atoms with Gasteiger partial charge in [-0.05, 0) is 60.2 Å². The Kier molecular flexibility index (Phi) is 8.08. The molecule has 3 amide bonds. The summed E-state index contributed by atoms with van der Waals surface area (Å²) in [6.07, 6.45) is 1.55. The summed E-state index contributed by atoms with van der Waals surface area (Å²) < 4.78 is 0. The smallest absolute Gasteiger partial charge is 0.272 e. The van der Waals surface area contributed by atoms with E-state index in [1.165, 1.54) is 11.8 Å². The zero-order chi connectivity index (χ0) is 22.9. The van der Waals surface area contributed by atoms with Gasteiger partial charge in [-0.2, -0.15) is 0 Å². The molecule has 3 aromatic carbocycles. The minimum absolute atomic E-state index is 0.0632. The van der Waals surface area contributed by atoms with Crippen LogP contribution in [0.4, 0.5) is 5.69 Å². The molecule has 6 nitrogen and oxygen atoms in total. The molecule has 8 heteroatoms. The third-order valence-corrected chi connectivity index (χ3v) is 5.45. The Hall–Kier alpha value is -3.55. The van der Waals surface area contributed by atoms with Gasteiger partial charge in [0.1, 0.15) is 5.70 Å². The van der Waals surface area contributed by atoms with Crippen molar-refractivity contribution < 1.29 is 14.4 Å². The van der Waals surface area contributed by atoms with Gasteiger partial charge in [-0.25, -0.2) is 0 Å². The minimum Gasteiger partial charge on any atom is -0.369 e. The van der Waals surface area contributed by atoms with Gasteiger partial charge in [0.25, 0.3) is 11.8 Å². The van der Waals surface area contributed by atoms with Crippen LogP contribution < -0.4 is 16.4 Å². The van der Waals surface area contributed by atoms with Crippen LogP contribution in [0.1, 0.15) is 15.9 Å². The highest BCUT2D eigenvalue weighted by atomic mass is 35.5. The summed E-state index contributed by atoms with van der Waals surface area (Å²) in [5.41, 5.74) is 6.84. The van der Waals surface area contributed by atoms with Crippen molar-refractivity contribution >= 4 is 52.8 Å². The van der Waals surface area contributed by atoms with E-state index >= 15 is 0 Å². The fourth-order valence-electron chi connectivity index (χ4n) is 2.69. The number of primary amides is 1. The minimum atomic E-state index is -0.494. The number of anilines is 1. The fraction of sp³-hybridized carbons (Fsp3) is 0.0417. The number of carbonyl (C=O) groups is 3. The molecule has 0 aliphatic carbocycles. The number of hydrogen-bond acceptors (Lipinski definition) is 4.